The van der Waals surface area contributed by atoms with Crippen LogP contribution >= 0.6 is 11.8 Å². The van der Waals surface area contributed by atoms with Crippen molar-refractivity contribution in [2.24, 2.45) is 0 Å². The van der Waals surface area contributed by atoms with Crippen molar-refractivity contribution in [3.05, 3.63) is 65.2 Å². The van der Waals surface area contributed by atoms with Crippen LogP contribution in [0.5, 0.6) is 0 Å². The first-order valence-corrected chi connectivity index (χ1v) is 8.31. The van der Waals surface area contributed by atoms with Gasteiger partial charge >= 0.3 is 5.97 Å². The third-order valence-electron chi connectivity index (χ3n) is 3.46. The molecule has 0 radical (unpaired) electrons. The van der Waals surface area contributed by atoms with E-state index in [2.05, 4.69) is 15.5 Å². The molecule has 0 saturated heterocycles. The first kappa shape index (κ1) is 16.2. The molecule has 2 aromatic carbocycles. The topological polar surface area (TPSA) is 69.9 Å². The van der Waals surface area contributed by atoms with Crippen molar-refractivity contribution < 1.29 is 9.53 Å². The van der Waals surface area contributed by atoms with Crippen molar-refractivity contribution in [2.45, 2.75) is 17.8 Å². The van der Waals surface area contributed by atoms with Crippen LogP contribution in [0.2, 0.25) is 0 Å². The molecule has 6 nitrogen and oxygen atoms in total. The summed E-state index contributed by atoms with van der Waals surface area (Å²) in [6.07, 6.45) is 0. The van der Waals surface area contributed by atoms with Gasteiger partial charge in [0.25, 0.3) is 0 Å². The van der Waals surface area contributed by atoms with Crippen molar-refractivity contribution in [1.82, 2.24) is 20.2 Å². The predicted molar refractivity (Wildman–Crippen MR) is 91.2 cm³/mol. The molecule has 1 aromatic heterocycles. The molecule has 7 heteroatoms. The number of methoxy groups -OCH3 is 1. The lowest BCUT2D eigenvalue weighted by Crippen LogP contribution is -2.01. The molecular formula is C17H16N4O2S. The normalized spacial score (nSPS) is 10.6. The van der Waals surface area contributed by atoms with Gasteiger partial charge < -0.3 is 4.74 Å². The number of tetrazole rings is 1. The second-order valence-corrected chi connectivity index (χ2v) is 6.13. The molecule has 3 rings (SSSR count). The van der Waals surface area contributed by atoms with Crippen LogP contribution in [0, 0.1) is 6.92 Å². The highest BCUT2D eigenvalue weighted by atomic mass is 32.2. The van der Waals surface area contributed by atoms with Gasteiger partial charge in [0, 0.05) is 5.75 Å². The molecule has 0 spiro atoms. The Morgan fingerprint density at radius 2 is 1.83 bits per heavy atom. The van der Waals surface area contributed by atoms with E-state index in [9.17, 15) is 4.79 Å². The molecule has 0 aliphatic carbocycles. The third kappa shape index (κ3) is 3.62. The summed E-state index contributed by atoms with van der Waals surface area (Å²) in [4.78, 5) is 11.4. The van der Waals surface area contributed by atoms with Crippen LogP contribution < -0.4 is 0 Å². The van der Waals surface area contributed by atoms with Crippen LogP contribution in [-0.4, -0.2) is 33.3 Å². The average Bonchev–Trinajstić information content (AvgIpc) is 3.09. The largest absolute Gasteiger partial charge is 0.465 e. The first-order valence-electron chi connectivity index (χ1n) is 7.33. The van der Waals surface area contributed by atoms with Crippen molar-refractivity contribution >= 4 is 17.7 Å². The number of hydrogen-bond donors (Lipinski definition) is 0. The van der Waals surface area contributed by atoms with Crippen LogP contribution in [0.15, 0.2) is 53.7 Å². The Balaban J connectivity index is 1.70. The minimum atomic E-state index is -0.336. The average molecular weight is 340 g/mol. The molecule has 0 amide bonds. The Hall–Kier alpha value is -2.67. The third-order valence-corrected chi connectivity index (χ3v) is 4.45. The number of rotatable bonds is 5. The highest BCUT2D eigenvalue weighted by Gasteiger charge is 2.10. The van der Waals surface area contributed by atoms with Gasteiger partial charge in [0.1, 0.15) is 0 Å². The second kappa shape index (κ2) is 7.27. The Bertz CT molecular complexity index is 829. The van der Waals surface area contributed by atoms with Crippen molar-refractivity contribution in [2.75, 3.05) is 7.11 Å². The lowest BCUT2D eigenvalue weighted by Gasteiger charge is -2.05. The van der Waals surface area contributed by atoms with Gasteiger partial charge in [-0.2, -0.15) is 4.68 Å². The summed E-state index contributed by atoms with van der Waals surface area (Å²) in [7, 11) is 1.37. The van der Waals surface area contributed by atoms with Crippen LogP contribution in [0.4, 0.5) is 0 Å². The molecular weight excluding hydrogens is 324 g/mol. The Kier molecular flexibility index (Phi) is 4.90. The summed E-state index contributed by atoms with van der Waals surface area (Å²) in [5, 5.41) is 12.6. The Morgan fingerprint density at radius 1 is 1.12 bits per heavy atom. The van der Waals surface area contributed by atoms with E-state index in [1.165, 1.54) is 24.4 Å². The molecule has 1 heterocycles. The highest BCUT2D eigenvalue weighted by molar-refractivity contribution is 7.98. The molecule has 0 aliphatic rings. The summed E-state index contributed by atoms with van der Waals surface area (Å²) in [6, 6.07) is 15.3. The number of benzene rings is 2. The molecule has 122 valence electrons. The van der Waals surface area contributed by atoms with Gasteiger partial charge in [-0.05, 0) is 47.2 Å². The maximum absolute atomic E-state index is 11.4. The van der Waals surface area contributed by atoms with Crippen molar-refractivity contribution in [3.8, 4) is 5.69 Å². The lowest BCUT2D eigenvalue weighted by molar-refractivity contribution is 0.0600. The van der Waals surface area contributed by atoms with Crippen LogP contribution in [0.25, 0.3) is 5.69 Å². The quantitative estimate of drug-likeness (QED) is 0.525. The standard InChI is InChI=1S/C17H16N4O2S/c1-12-3-9-15(10-4-12)21-17(18-19-20-21)24-11-13-5-7-14(8-6-13)16(22)23-2/h3-10H,11H2,1-2H3. The van der Waals surface area contributed by atoms with Crippen molar-refractivity contribution in [1.29, 1.82) is 0 Å². The zero-order valence-electron chi connectivity index (χ0n) is 13.3. The zero-order valence-corrected chi connectivity index (χ0v) is 14.2. The van der Waals surface area contributed by atoms with E-state index in [1.54, 1.807) is 16.8 Å². The Morgan fingerprint density at radius 3 is 2.50 bits per heavy atom. The summed E-state index contributed by atoms with van der Waals surface area (Å²) in [6.45, 7) is 2.04. The summed E-state index contributed by atoms with van der Waals surface area (Å²) >= 11 is 1.54. The van der Waals surface area contributed by atoms with Crippen molar-refractivity contribution in [3.63, 3.8) is 0 Å². The predicted octanol–water partition coefficient (Wildman–Crippen LogP) is 3.05. The number of aryl methyl sites for hydroxylation is 1. The van der Waals surface area contributed by atoms with Gasteiger partial charge in [-0.15, -0.1) is 5.10 Å². The number of carbonyl (C=O) groups is 1. The maximum atomic E-state index is 11.4. The smallest absolute Gasteiger partial charge is 0.337 e. The zero-order chi connectivity index (χ0) is 16.9. The van der Waals surface area contributed by atoms with Gasteiger partial charge in [0.2, 0.25) is 5.16 Å². The maximum Gasteiger partial charge on any atom is 0.337 e. The first-order chi connectivity index (χ1) is 11.7. The molecule has 0 aliphatic heterocycles. The fraction of sp³-hybridized carbons (Fsp3) is 0.176. The molecule has 0 bridgehead atoms. The molecule has 0 fully saturated rings. The fourth-order valence-corrected chi connectivity index (χ4v) is 2.97. The van der Waals surface area contributed by atoms with E-state index >= 15 is 0 Å². The number of ether oxygens (including phenoxy) is 1. The van der Waals surface area contributed by atoms with Gasteiger partial charge in [-0.3, -0.25) is 0 Å². The van der Waals surface area contributed by atoms with Crippen LogP contribution in [0.1, 0.15) is 21.5 Å². The van der Waals surface area contributed by atoms with Crippen LogP contribution in [-0.2, 0) is 10.5 Å². The van der Waals surface area contributed by atoms with E-state index in [-0.39, 0.29) is 5.97 Å². The van der Waals surface area contributed by atoms with Gasteiger partial charge in [0.05, 0.1) is 18.4 Å². The van der Waals surface area contributed by atoms with E-state index in [1.807, 2.05) is 43.3 Å². The number of aromatic nitrogens is 4. The van der Waals surface area contributed by atoms with Crippen LogP contribution in [0.3, 0.4) is 0 Å². The lowest BCUT2D eigenvalue weighted by atomic mass is 10.1. The molecule has 0 unspecified atom stereocenters. The molecule has 0 saturated carbocycles. The summed E-state index contributed by atoms with van der Waals surface area (Å²) < 4.78 is 6.41. The Labute approximate surface area is 143 Å². The van der Waals surface area contributed by atoms with E-state index in [0.29, 0.717) is 11.3 Å². The van der Waals surface area contributed by atoms with E-state index in [4.69, 9.17) is 4.74 Å². The molecule has 0 atom stereocenters. The molecule has 0 N–H and O–H groups in total. The van der Waals surface area contributed by atoms with Gasteiger partial charge in [0.15, 0.2) is 0 Å². The van der Waals surface area contributed by atoms with Gasteiger partial charge in [-0.25, -0.2) is 4.79 Å². The summed E-state index contributed by atoms with van der Waals surface area (Å²) in [5.74, 6) is 0.366. The molecule has 24 heavy (non-hydrogen) atoms. The van der Waals surface area contributed by atoms with E-state index in [0.717, 1.165) is 16.4 Å². The SMILES string of the molecule is COC(=O)c1ccc(CSc2nnnn2-c2ccc(C)cc2)cc1. The number of esters is 1. The highest BCUT2D eigenvalue weighted by Crippen LogP contribution is 2.23. The summed E-state index contributed by atoms with van der Waals surface area (Å²) in [5.41, 5.74) is 3.72. The fourth-order valence-electron chi connectivity index (χ4n) is 2.12. The number of carbonyl (C=O) groups excluding carboxylic acids is 1. The number of thioether (sulfide) groups is 1. The number of hydrogen-bond acceptors (Lipinski definition) is 6. The van der Waals surface area contributed by atoms with Gasteiger partial charge in [-0.1, -0.05) is 41.6 Å². The second-order valence-electron chi connectivity index (χ2n) is 5.19. The minimum Gasteiger partial charge on any atom is -0.465 e. The minimum absolute atomic E-state index is 0.336. The molecule has 3 aromatic rings. The number of nitrogens with zero attached hydrogens (tertiary/aromatic N) is 4. The monoisotopic (exact) mass is 340 g/mol. The van der Waals surface area contributed by atoms with E-state index < -0.39 is 0 Å².